The maximum Gasteiger partial charge on any atom is 0.122 e. The lowest BCUT2D eigenvalue weighted by Gasteiger charge is -2.17. The van der Waals surface area contributed by atoms with Crippen molar-refractivity contribution in [3.63, 3.8) is 0 Å². The van der Waals surface area contributed by atoms with Crippen LogP contribution >= 0.6 is 0 Å². The van der Waals surface area contributed by atoms with Gasteiger partial charge in [-0.05, 0) is 36.5 Å². The lowest BCUT2D eigenvalue weighted by molar-refractivity contribution is 0.195. The summed E-state index contributed by atoms with van der Waals surface area (Å²) in [5.74, 6) is 1.33. The molecule has 0 fully saturated rings. The number of aliphatic hydroxyl groups is 1. The Balaban J connectivity index is 3.13. The Kier molecular flexibility index (Phi) is 4.15. The fourth-order valence-electron chi connectivity index (χ4n) is 1.92. The first kappa shape index (κ1) is 12.1. The molecule has 0 aromatic heterocycles. The summed E-state index contributed by atoms with van der Waals surface area (Å²) in [6.07, 6.45) is 0.375. The van der Waals surface area contributed by atoms with Crippen molar-refractivity contribution in [2.45, 2.75) is 39.2 Å². The van der Waals surface area contributed by atoms with Crippen molar-refractivity contribution in [3.8, 4) is 5.75 Å². The van der Waals surface area contributed by atoms with Gasteiger partial charge in [0.25, 0.3) is 0 Å². The lowest BCUT2D eigenvalue weighted by Crippen LogP contribution is -2.08. The molecular formula is C13H20O2. The summed E-state index contributed by atoms with van der Waals surface area (Å²) < 4.78 is 5.35. The number of methoxy groups -OCH3 is 1. The number of hydrogen-bond donors (Lipinski definition) is 1. The van der Waals surface area contributed by atoms with Crippen LogP contribution in [0.2, 0.25) is 0 Å². The molecule has 0 bridgehead atoms. The minimum Gasteiger partial charge on any atom is -0.496 e. The van der Waals surface area contributed by atoms with E-state index in [-0.39, 0.29) is 6.10 Å². The highest BCUT2D eigenvalue weighted by Crippen LogP contribution is 2.30. The van der Waals surface area contributed by atoms with Crippen molar-refractivity contribution >= 4 is 0 Å². The molecule has 0 aliphatic rings. The molecule has 1 unspecified atom stereocenters. The first-order chi connectivity index (χ1) is 7.06. The van der Waals surface area contributed by atoms with Crippen LogP contribution in [0, 0.1) is 0 Å². The van der Waals surface area contributed by atoms with Gasteiger partial charge in [0.2, 0.25) is 0 Å². The van der Waals surface area contributed by atoms with Gasteiger partial charge in [-0.3, -0.25) is 0 Å². The Morgan fingerprint density at radius 2 is 1.93 bits per heavy atom. The predicted molar refractivity (Wildman–Crippen MR) is 62.5 cm³/mol. The van der Waals surface area contributed by atoms with Gasteiger partial charge in [0.1, 0.15) is 5.75 Å². The first-order valence-corrected chi connectivity index (χ1v) is 5.40. The Morgan fingerprint density at radius 3 is 2.40 bits per heavy atom. The predicted octanol–water partition coefficient (Wildman–Crippen LogP) is 2.74. The van der Waals surface area contributed by atoms with E-state index in [0.717, 1.165) is 5.75 Å². The summed E-state index contributed by atoms with van der Waals surface area (Å²) in [4.78, 5) is 0. The Bertz CT molecular complexity index is 316. The summed E-state index contributed by atoms with van der Waals surface area (Å²) in [5.41, 5.74) is 2.39. The molecule has 0 saturated carbocycles. The summed E-state index contributed by atoms with van der Waals surface area (Å²) in [7, 11) is 1.69. The summed E-state index contributed by atoms with van der Waals surface area (Å²) in [6.45, 7) is 6.09. The van der Waals surface area contributed by atoms with Gasteiger partial charge in [-0.2, -0.15) is 0 Å². The number of benzene rings is 1. The van der Waals surface area contributed by atoms with Crippen LogP contribution in [0.5, 0.6) is 5.75 Å². The molecular weight excluding hydrogens is 188 g/mol. The number of aliphatic hydroxyl groups excluding tert-OH is 1. The van der Waals surface area contributed by atoms with Gasteiger partial charge in [-0.25, -0.2) is 0 Å². The second-order valence-electron chi connectivity index (χ2n) is 4.24. The van der Waals surface area contributed by atoms with Crippen LogP contribution in [0.1, 0.15) is 37.8 Å². The van der Waals surface area contributed by atoms with E-state index in [4.69, 9.17) is 4.74 Å². The van der Waals surface area contributed by atoms with Crippen LogP contribution in [0.4, 0.5) is 0 Å². The van der Waals surface area contributed by atoms with Crippen molar-refractivity contribution in [3.05, 3.63) is 29.3 Å². The van der Waals surface area contributed by atoms with Gasteiger partial charge in [0, 0.05) is 0 Å². The minimum absolute atomic E-state index is 0.311. The molecule has 2 heteroatoms. The molecule has 1 atom stereocenters. The lowest BCUT2D eigenvalue weighted by atomic mass is 9.93. The fourth-order valence-corrected chi connectivity index (χ4v) is 1.92. The number of ether oxygens (including phenoxy) is 1. The summed E-state index contributed by atoms with van der Waals surface area (Å²) in [6, 6.07) is 6.01. The molecule has 1 aromatic rings. The maximum absolute atomic E-state index is 9.43. The van der Waals surface area contributed by atoms with E-state index >= 15 is 0 Å². The van der Waals surface area contributed by atoms with Crippen LogP contribution in [0.3, 0.4) is 0 Å². The molecule has 0 aliphatic carbocycles. The SMILES string of the molecule is COc1cccc(CC(C)O)c1C(C)C. The van der Waals surface area contributed by atoms with Crippen LogP contribution in [0.15, 0.2) is 18.2 Å². The van der Waals surface area contributed by atoms with Gasteiger partial charge in [0.15, 0.2) is 0 Å². The van der Waals surface area contributed by atoms with Crippen molar-refractivity contribution < 1.29 is 9.84 Å². The molecule has 0 aliphatic heterocycles. The van der Waals surface area contributed by atoms with E-state index < -0.39 is 0 Å². The van der Waals surface area contributed by atoms with E-state index in [2.05, 4.69) is 19.9 Å². The van der Waals surface area contributed by atoms with Crippen LogP contribution in [-0.2, 0) is 6.42 Å². The number of rotatable bonds is 4. The highest BCUT2D eigenvalue weighted by molar-refractivity contribution is 5.42. The molecule has 0 spiro atoms. The quantitative estimate of drug-likeness (QED) is 0.824. The van der Waals surface area contributed by atoms with E-state index in [1.807, 2.05) is 19.1 Å². The zero-order chi connectivity index (χ0) is 11.4. The second-order valence-corrected chi connectivity index (χ2v) is 4.24. The molecule has 1 aromatic carbocycles. The van der Waals surface area contributed by atoms with Gasteiger partial charge in [0.05, 0.1) is 13.2 Å². The molecule has 84 valence electrons. The third-order valence-corrected chi connectivity index (χ3v) is 2.47. The molecule has 0 amide bonds. The second kappa shape index (κ2) is 5.17. The largest absolute Gasteiger partial charge is 0.496 e. The summed E-state index contributed by atoms with van der Waals surface area (Å²) >= 11 is 0. The standard InChI is InChI=1S/C13H20O2/c1-9(2)13-11(8-10(3)14)6-5-7-12(13)15-4/h5-7,9-10,14H,8H2,1-4H3. The topological polar surface area (TPSA) is 29.5 Å². The highest BCUT2D eigenvalue weighted by Gasteiger charge is 2.13. The maximum atomic E-state index is 9.43. The van der Waals surface area contributed by atoms with Crippen LogP contribution in [0.25, 0.3) is 0 Å². The van der Waals surface area contributed by atoms with Crippen LogP contribution in [-0.4, -0.2) is 18.3 Å². The van der Waals surface area contributed by atoms with Crippen LogP contribution < -0.4 is 4.74 Å². The monoisotopic (exact) mass is 208 g/mol. The van der Waals surface area contributed by atoms with Crippen molar-refractivity contribution in [1.29, 1.82) is 0 Å². The van der Waals surface area contributed by atoms with Crippen molar-refractivity contribution in [1.82, 2.24) is 0 Å². The fraction of sp³-hybridized carbons (Fsp3) is 0.538. The average molecular weight is 208 g/mol. The third-order valence-electron chi connectivity index (χ3n) is 2.47. The molecule has 1 rings (SSSR count). The van der Waals surface area contributed by atoms with Gasteiger partial charge < -0.3 is 9.84 Å². The van der Waals surface area contributed by atoms with Crippen molar-refractivity contribution in [2.75, 3.05) is 7.11 Å². The van der Waals surface area contributed by atoms with Gasteiger partial charge in [-0.1, -0.05) is 26.0 Å². The highest BCUT2D eigenvalue weighted by atomic mass is 16.5. The average Bonchev–Trinajstić information content (AvgIpc) is 2.15. The Labute approximate surface area is 91.9 Å². The Morgan fingerprint density at radius 1 is 1.27 bits per heavy atom. The molecule has 1 N–H and O–H groups in total. The van der Waals surface area contributed by atoms with E-state index in [1.165, 1.54) is 11.1 Å². The summed E-state index contributed by atoms with van der Waals surface area (Å²) in [5, 5.41) is 9.43. The van der Waals surface area contributed by atoms with E-state index in [0.29, 0.717) is 12.3 Å². The third kappa shape index (κ3) is 2.96. The smallest absolute Gasteiger partial charge is 0.122 e. The first-order valence-electron chi connectivity index (χ1n) is 5.40. The molecule has 0 radical (unpaired) electrons. The molecule has 2 nitrogen and oxygen atoms in total. The van der Waals surface area contributed by atoms with E-state index in [9.17, 15) is 5.11 Å². The number of hydrogen-bond acceptors (Lipinski definition) is 2. The van der Waals surface area contributed by atoms with Gasteiger partial charge in [-0.15, -0.1) is 0 Å². The molecule has 0 heterocycles. The minimum atomic E-state index is -0.311. The zero-order valence-electron chi connectivity index (χ0n) is 9.95. The van der Waals surface area contributed by atoms with Crippen molar-refractivity contribution in [2.24, 2.45) is 0 Å². The Hall–Kier alpha value is -1.02. The van der Waals surface area contributed by atoms with Gasteiger partial charge >= 0.3 is 0 Å². The molecule has 0 saturated heterocycles. The molecule has 15 heavy (non-hydrogen) atoms. The van der Waals surface area contributed by atoms with E-state index in [1.54, 1.807) is 7.11 Å². The normalized spacial score (nSPS) is 12.9. The zero-order valence-corrected chi connectivity index (χ0v) is 9.95.